The highest BCUT2D eigenvalue weighted by molar-refractivity contribution is 7.98. The minimum Gasteiger partial charge on any atom is -0.481 e. The van der Waals surface area contributed by atoms with Crippen LogP contribution in [0.4, 0.5) is 0 Å². The summed E-state index contributed by atoms with van der Waals surface area (Å²) in [5.41, 5.74) is 5.53. The lowest BCUT2D eigenvalue weighted by molar-refractivity contribution is -0.143. The molecule has 0 aliphatic heterocycles. The van der Waals surface area contributed by atoms with Gasteiger partial charge in [-0.2, -0.15) is 24.4 Å². The second-order valence-corrected chi connectivity index (χ2v) is 8.35. The second kappa shape index (κ2) is 14.9. The maximum Gasteiger partial charge on any atom is 0.326 e. The highest BCUT2D eigenvalue weighted by Gasteiger charge is 2.31. The van der Waals surface area contributed by atoms with Crippen LogP contribution in [0.1, 0.15) is 33.1 Å². The quantitative estimate of drug-likeness (QED) is 0.145. The van der Waals surface area contributed by atoms with E-state index in [1.807, 2.05) is 0 Å². The molecule has 31 heavy (non-hydrogen) atoms. The fourth-order valence-corrected chi connectivity index (χ4v) is 3.20. The smallest absolute Gasteiger partial charge is 0.326 e. The molecule has 0 spiro atoms. The third kappa shape index (κ3) is 10.7. The molecule has 178 valence electrons. The van der Waals surface area contributed by atoms with Crippen LogP contribution in [0.5, 0.6) is 0 Å². The predicted molar refractivity (Wildman–Crippen MR) is 120 cm³/mol. The molecule has 0 aliphatic carbocycles. The monoisotopic (exact) mass is 480 g/mol. The lowest BCUT2D eigenvalue weighted by Crippen LogP contribution is -2.58. The molecule has 0 saturated carbocycles. The number of nitrogens with two attached hydrogens (primary N) is 1. The summed E-state index contributed by atoms with van der Waals surface area (Å²) in [5.74, 6) is -4.59. The number of carbonyl (C=O) groups excluding carboxylic acids is 3. The minimum absolute atomic E-state index is 0.105. The highest BCUT2D eigenvalue weighted by Crippen LogP contribution is 2.09. The fraction of sp³-hybridized carbons (Fsp3) is 0.722. The van der Waals surface area contributed by atoms with Gasteiger partial charge in [0.1, 0.15) is 18.1 Å². The van der Waals surface area contributed by atoms with Crippen molar-refractivity contribution in [2.45, 2.75) is 57.3 Å². The number of thiol groups is 1. The van der Waals surface area contributed by atoms with E-state index < -0.39 is 60.2 Å². The van der Waals surface area contributed by atoms with Gasteiger partial charge in [-0.1, -0.05) is 20.3 Å². The number of amides is 3. The van der Waals surface area contributed by atoms with Crippen LogP contribution >= 0.6 is 24.4 Å². The molecule has 0 fully saturated rings. The summed E-state index contributed by atoms with van der Waals surface area (Å²) < 4.78 is 0. The molecule has 0 aliphatic rings. The van der Waals surface area contributed by atoms with E-state index in [1.54, 1.807) is 20.1 Å². The van der Waals surface area contributed by atoms with Crippen LogP contribution in [0.25, 0.3) is 0 Å². The Kier molecular flexibility index (Phi) is 14.0. The summed E-state index contributed by atoms with van der Waals surface area (Å²) >= 11 is 5.48. The van der Waals surface area contributed by atoms with E-state index in [0.29, 0.717) is 12.2 Å². The Morgan fingerprint density at radius 1 is 1.00 bits per heavy atom. The molecule has 0 aromatic heterocycles. The maximum absolute atomic E-state index is 12.7. The molecule has 0 bridgehead atoms. The lowest BCUT2D eigenvalue weighted by atomic mass is 9.99. The van der Waals surface area contributed by atoms with Crippen molar-refractivity contribution in [3.8, 4) is 0 Å². The van der Waals surface area contributed by atoms with Crippen LogP contribution in [0.15, 0.2) is 0 Å². The number of thioether (sulfide) groups is 1. The normalized spacial score (nSPS) is 15.6. The zero-order valence-corrected chi connectivity index (χ0v) is 19.5. The van der Waals surface area contributed by atoms with Gasteiger partial charge in [0.15, 0.2) is 0 Å². The largest absolute Gasteiger partial charge is 0.481 e. The van der Waals surface area contributed by atoms with E-state index in [0.717, 1.165) is 0 Å². The van der Waals surface area contributed by atoms with Crippen molar-refractivity contribution in [1.29, 1.82) is 0 Å². The third-order valence-corrected chi connectivity index (χ3v) is 5.58. The molecule has 0 aromatic rings. The van der Waals surface area contributed by atoms with Crippen molar-refractivity contribution >= 4 is 54.1 Å². The molecular formula is C18H32N4O7S2. The summed E-state index contributed by atoms with van der Waals surface area (Å²) in [6.07, 6.45) is 1.94. The van der Waals surface area contributed by atoms with Gasteiger partial charge in [0.2, 0.25) is 17.7 Å². The Morgan fingerprint density at radius 2 is 1.55 bits per heavy atom. The molecule has 11 nitrogen and oxygen atoms in total. The summed E-state index contributed by atoms with van der Waals surface area (Å²) in [5, 5.41) is 25.4. The highest BCUT2D eigenvalue weighted by atomic mass is 32.2. The van der Waals surface area contributed by atoms with Crippen LogP contribution in [0.3, 0.4) is 0 Å². The topological polar surface area (TPSA) is 188 Å². The number of aliphatic carboxylic acids is 2. The van der Waals surface area contributed by atoms with E-state index in [2.05, 4.69) is 28.6 Å². The summed E-state index contributed by atoms with van der Waals surface area (Å²) in [6.45, 7) is 3.47. The van der Waals surface area contributed by atoms with Gasteiger partial charge in [-0.25, -0.2) is 4.79 Å². The zero-order chi connectivity index (χ0) is 24.1. The predicted octanol–water partition coefficient (Wildman–Crippen LogP) is -0.944. The maximum atomic E-state index is 12.7. The van der Waals surface area contributed by atoms with Gasteiger partial charge in [-0.15, -0.1) is 0 Å². The van der Waals surface area contributed by atoms with E-state index in [-0.39, 0.29) is 18.1 Å². The second-order valence-electron chi connectivity index (χ2n) is 7.00. The molecule has 5 atom stereocenters. The van der Waals surface area contributed by atoms with E-state index >= 15 is 0 Å². The molecule has 7 N–H and O–H groups in total. The van der Waals surface area contributed by atoms with Crippen molar-refractivity contribution in [1.82, 2.24) is 16.0 Å². The molecule has 0 aromatic carbocycles. The first kappa shape index (κ1) is 29.0. The Balaban J connectivity index is 5.25. The number of nitrogens with one attached hydrogen (secondary N) is 3. The standard InChI is InChI=1S/C18H32N4O7S2/c1-4-9(2)14(18(28)29)22-17(27)12(8-30)21-16(26)11(5-6-31-3)20-15(25)10(19)7-13(23)24/h9-12,14,30H,4-8,19H2,1-3H3,(H,20,25)(H,21,26)(H,22,27)(H,23,24)(H,28,29). The van der Waals surface area contributed by atoms with Crippen LogP contribution < -0.4 is 21.7 Å². The van der Waals surface area contributed by atoms with Crippen molar-refractivity contribution in [3.05, 3.63) is 0 Å². The Morgan fingerprint density at radius 3 is 2.00 bits per heavy atom. The van der Waals surface area contributed by atoms with Crippen LogP contribution in [0, 0.1) is 5.92 Å². The number of rotatable bonds is 15. The first-order valence-corrected chi connectivity index (χ1v) is 11.7. The van der Waals surface area contributed by atoms with Crippen molar-refractivity contribution in [2.75, 3.05) is 17.8 Å². The van der Waals surface area contributed by atoms with Gasteiger partial charge in [0, 0.05) is 5.75 Å². The van der Waals surface area contributed by atoms with Crippen LogP contribution in [0.2, 0.25) is 0 Å². The zero-order valence-electron chi connectivity index (χ0n) is 17.8. The molecule has 13 heteroatoms. The number of hydrogen-bond acceptors (Lipinski definition) is 8. The van der Waals surface area contributed by atoms with Gasteiger partial charge in [0.25, 0.3) is 0 Å². The molecule has 0 rings (SSSR count). The number of carboxylic acid groups (broad SMARTS) is 2. The summed E-state index contributed by atoms with van der Waals surface area (Å²) in [4.78, 5) is 59.5. The summed E-state index contributed by atoms with van der Waals surface area (Å²) in [6, 6.07) is -4.65. The average Bonchev–Trinajstić information content (AvgIpc) is 2.71. The first-order valence-electron chi connectivity index (χ1n) is 9.69. The fourth-order valence-electron chi connectivity index (χ4n) is 2.47. The number of hydrogen-bond donors (Lipinski definition) is 7. The Labute approximate surface area is 191 Å². The van der Waals surface area contributed by atoms with E-state index in [4.69, 9.17) is 10.8 Å². The molecule has 0 heterocycles. The third-order valence-electron chi connectivity index (χ3n) is 4.57. The number of carbonyl (C=O) groups is 5. The SMILES string of the molecule is CCC(C)C(NC(=O)C(CS)NC(=O)C(CCSC)NC(=O)C(N)CC(=O)O)C(=O)O. The minimum atomic E-state index is -1.34. The molecule has 0 radical (unpaired) electrons. The average molecular weight is 481 g/mol. The summed E-state index contributed by atoms with van der Waals surface area (Å²) in [7, 11) is 0. The van der Waals surface area contributed by atoms with E-state index in [1.165, 1.54) is 11.8 Å². The molecule has 5 unspecified atom stereocenters. The van der Waals surface area contributed by atoms with Crippen molar-refractivity contribution < 1.29 is 34.2 Å². The lowest BCUT2D eigenvalue weighted by Gasteiger charge is -2.25. The number of carboxylic acids is 2. The van der Waals surface area contributed by atoms with Gasteiger partial charge in [0.05, 0.1) is 12.5 Å². The van der Waals surface area contributed by atoms with Crippen LogP contribution in [-0.2, 0) is 24.0 Å². The van der Waals surface area contributed by atoms with E-state index in [9.17, 15) is 29.1 Å². The Bertz CT molecular complexity index is 650. The van der Waals surface area contributed by atoms with Crippen LogP contribution in [-0.4, -0.2) is 81.8 Å². The molecular weight excluding hydrogens is 448 g/mol. The van der Waals surface area contributed by atoms with Gasteiger partial charge in [-0.05, 0) is 24.3 Å². The molecule has 3 amide bonds. The van der Waals surface area contributed by atoms with Crippen molar-refractivity contribution in [2.24, 2.45) is 11.7 Å². The Hall–Kier alpha value is -1.99. The van der Waals surface area contributed by atoms with Gasteiger partial charge >= 0.3 is 11.9 Å². The van der Waals surface area contributed by atoms with Gasteiger partial charge < -0.3 is 31.9 Å². The van der Waals surface area contributed by atoms with Gasteiger partial charge in [-0.3, -0.25) is 19.2 Å². The first-order chi connectivity index (χ1) is 14.5. The van der Waals surface area contributed by atoms with Crippen molar-refractivity contribution in [3.63, 3.8) is 0 Å². The molecule has 0 saturated heterocycles.